The molecule has 0 saturated heterocycles. The van der Waals surface area contributed by atoms with Gasteiger partial charge in [-0.3, -0.25) is 4.79 Å². The van der Waals surface area contributed by atoms with Gasteiger partial charge >= 0.3 is 0 Å². The molecule has 0 aromatic carbocycles. The maximum absolute atomic E-state index is 12.0. The molecule has 1 aromatic heterocycles. The van der Waals surface area contributed by atoms with Gasteiger partial charge in [-0.05, 0) is 18.9 Å². The molecule has 1 saturated carbocycles. The molecular formula is C13H19ClN2O2. The molecule has 1 aliphatic carbocycles. The maximum Gasteiger partial charge on any atom is 0.267 e. The minimum Gasteiger partial charge on any atom is -0.393 e. The third-order valence-corrected chi connectivity index (χ3v) is 3.80. The van der Waals surface area contributed by atoms with Crippen LogP contribution in [0.5, 0.6) is 0 Å². The molecular weight excluding hydrogens is 252 g/mol. The molecule has 18 heavy (non-hydrogen) atoms. The molecule has 1 heterocycles. The van der Waals surface area contributed by atoms with E-state index in [0.717, 1.165) is 25.7 Å². The first-order valence-corrected chi connectivity index (χ1v) is 6.74. The summed E-state index contributed by atoms with van der Waals surface area (Å²) in [7, 11) is 1.79. The number of nitrogens with one attached hydrogen (secondary N) is 1. The Balaban J connectivity index is 1.90. The molecule has 2 rings (SSSR count). The fourth-order valence-corrected chi connectivity index (χ4v) is 2.74. The molecule has 2 unspecified atom stereocenters. The Morgan fingerprint density at radius 2 is 2.28 bits per heavy atom. The van der Waals surface area contributed by atoms with Crippen LogP contribution in [0.25, 0.3) is 0 Å². The van der Waals surface area contributed by atoms with Crippen LogP contribution in [0.1, 0.15) is 36.2 Å². The molecule has 1 aromatic rings. The number of aliphatic hydroxyl groups excluding tert-OH is 1. The predicted molar refractivity (Wildman–Crippen MR) is 70.7 cm³/mol. The van der Waals surface area contributed by atoms with Crippen molar-refractivity contribution in [1.29, 1.82) is 0 Å². The van der Waals surface area contributed by atoms with Crippen LogP contribution in [-0.4, -0.2) is 28.2 Å². The predicted octanol–water partition coefficient (Wildman–Crippen LogP) is 1.96. The Labute approximate surface area is 112 Å². The number of aromatic nitrogens is 1. The fraction of sp³-hybridized carbons (Fsp3) is 0.615. The topological polar surface area (TPSA) is 54.3 Å². The van der Waals surface area contributed by atoms with Crippen LogP contribution >= 0.6 is 11.6 Å². The first kappa shape index (κ1) is 13.4. The zero-order valence-corrected chi connectivity index (χ0v) is 11.3. The van der Waals surface area contributed by atoms with E-state index in [1.165, 1.54) is 0 Å². The van der Waals surface area contributed by atoms with E-state index in [-0.39, 0.29) is 17.9 Å². The van der Waals surface area contributed by atoms with Crippen molar-refractivity contribution in [3.05, 3.63) is 23.0 Å². The molecule has 2 N–H and O–H groups in total. The van der Waals surface area contributed by atoms with Crippen LogP contribution < -0.4 is 5.32 Å². The van der Waals surface area contributed by atoms with E-state index in [0.29, 0.717) is 17.3 Å². The van der Waals surface area contributed by atoms with E-state index in [1.807, 2.05) is 0 Å². The third-order valence-electron chi connectivity index (χ3n) is 3.60. The minimum absolute atomic E-state index is 0.137. The van der Waals surface area contributed by atoms with Gasteiger partial charge in [0.1, 0.15) is 5.69 Å². The molecule has 4 nitrogen and oxygen atoms in total. The van der Waals surface area contributed by atoms with Crippen LogP contribution in [0.2, 0.25) is 5.02 Å². The average Bonchev–Trinajstić information content (AvgIpc) is 2.67. The van der Waals surface area contributed by atoms with Gasteiger partial charge in [0.2, 0.25) is 0 Å². The van der Waals surface area contributed by atoms with Gasteiger partial charge in [0.25, 0.3) is 5.91 Å². The highest BCUT2D eigenvalue weighted by Crippen LogP contribution is 2.23. The number of aryl methyl sites for hydroxylation is 1. The molecule has 0 radical (unpaired) electrons. The number of amides is 1. The first-order valence-electron chi connectivity index (χ1n) is 6.36. The van der Waals surface area contributed by atoms with Gasteiger partial charge in [0.15, 0.2) is 0 Å². The number of nitrogens with zero attached hydrogens (tertiary/aromatic N) is 1. The molecule has 1 amide bonds. The SMILES string of the molecule is Cn1cc(Cl)cc1C(=O)NCC1CCCCC1O. The lowest BCUT2D eigenvalue weighted by atomic mass is 9.86. The number of rotatable bonds is 3. The Bertz CT molecular complexity index is 431. The standard InChI is InChI=1S/C13H19ClN2O2/c1-16-8-10(14)6-11(16)13(18)15-7-9-4-2-3-5-12(9)17/h6,8-9,12,17H,2-5,7H2,1H3,(H,15,18). The molecule has 5 heteroatoms. The van der Waals surface area contributed by atoms with Gasteiger partial charge in [-0.2, -0.15) is 0 Å². The quantitative estimate of drug-likeness (QED) is 0.882. The summed E-state index contributed by atoms with van der Waals surface area (Å²) in [6.45, 7) is 0.531. The Hall–Kier alpha value is -1.00. The van der Waals surface area contributed by atoms with Crippen molar-refractivity contribution < 1.29 is 9.90 Å². The smallest absolute Gasteiger partial charge is 0.267 e. The summed E-state index contributed by atoms with van der Waals surface area (Å²) >= 11 is 5.84. The first-order chi connectivity index (χ1) is 8.58. The van der Waals surface area contributed by atoms with Crippen LogP contribution in [0.3, 0.4) is 0 Å². The van der Waals surface area contributed by atoms with Crippen LogP contribution in [-0.2, 0) is 7.05 Å². The van der Waals surface area contributed by atoms with E-state index >= 15 is 0 Å². The highest BCUT2D eigenvalue weighted by atomic mass is 35.5. The molecule has 100 valence electrons. The van der Waals surface area contributed by atoms with Gasteiger partial charge in [-0.25, -0.2) is 0 Å². The fourth-order valence-electron chi connectivity index (χ4n) is 2.49. The lowest BCUT2D eigenvalue weighted by Gasteiger charge is -2.27. The molecule has 0 bridgehead atoms. The molecule has 1 fully saturated rings. The van der Waals surface area contributed by atoms with E-state index in [2.05, 4.69) is 5.32 Å². The number of aliphatic hydroxyl groups is 1. The Morgan fingerprint density at radius 1 is 1.56 bits per heavy atom. The van der Waals surface area contributed by atoms with Crippen LogP contribution in [0.15, 0.2) is 12.3 Å². The summed E-state index contributed by atoms with van der Waals surface area (Å²) in [5.41, 5.74) is 0.547. The molecule has 0 aliphatic heterocycles. The number of halogens is 1. The second kappa shape index (κ2) is 5.76. The summed E-state index contributed by atoms with van der Waals surface area (Å²) in [5, 5.41) is 13.3. The van der Waals surface area contributed by atoms with E-state index in [9.17, 15) is 9.90 Å². The van der Waals surface area contributed by atoms with Crippen molar-refractivity contribution in [3.8, 4) is 0 Å². The second-order valence-corrected chi connectivity index (χ2v) is 5.41. The average molecular weight is 271 g/mol. The molecule has 1 aliphatic rings. The summed E-state index contributed by atoms with van der Waals surface area (Å²) < 4.78 is 1.70. The highest BCUT2D eigenvalue weighted by molar-refractivity contribution is 6.31. The highest BCUT2D eigenvalue weighted by Gasteiger charge is 2.23. The summed E-state index contributed by atoms with van der Waals surface area (Å²) in [6.07, 6.45) is 5.46. The number of hydrogen-bond donors (Lipinski definition) is 2. The summed E-state index contributed by atoms with van der Waals surface area (Å²) in [4.78, 5) is 12.0. The molecule has 2 atom stereocenters. The molecule has 0 spiro atoms. The van der Waals surface area contributed by atoms with Crippen LogP contribution in [0, 0.1) is 5.92 Å². The van der Waals surface area contributed by atoms with Crippen molar-refractivity contribution >= 4 is 17.5 Å². The Kier molecular flexibility index (Phi) is 4.30. The summed E-state index contributed by atoms with van der Waals surface area (Å²) in [6, 6.07) is 1.65. The van der Waals surface area contributed by atoms with Crippen molar-refractivity contribution in [1.82, 2.24) is 9.88 Å². The van der Waals surface area contributed by atoms with E-state index in [1.54, 1.807) is 23.9 Å². The number of hydrogen-bond acceptors (Lipinski definition) is 2. The van der Waals surface area contributed by atoms with E-state index in [4.69, 9.17) is 11.6 Å². The van der Waals surface area contributed by atoms with Gasteiger partial charge < -0.3 is 15.0 Å². The normalized spacial score (nSPS) is 23.9. The van der Waals surface area contributed by atoms with Crippen molar-refractivity contribution in [3.63, 3.8) is 0 Å². The third kappa shape index (κ3) is 3.06. The lowest BCUT2D eigenvalue weighted by molar-refractivity contribution is 0.0661. The Morgan fingerprint density at radius 3 is 2.89 bits per heavy atom. The van der Waals surface area contributed by atoms with Gasteiger partial charge in [-0.15, -0.1) is 0 Å². The zero-order valence-electron chi connectivity index (χ0n) is 10.5. The van der Waals surface area contributed by atoms with Gasteiger partial charge in [0, 0.05) is 25.7 Å². The van der Waals surface area contributed by atoms with Gasteiger partial charge in [0.05, 0.1) is 11.1 Å². The van der Waals surface area contributed by atoms with Gasteiger partial charge in [-0.1, -0.05) is 24.4 Å². The zero-order chi connectivity index (χ0) is 13.1. The van der Waals surface area contributed by atoms with Crippen molar-refractivity contribution in [2.24, 2.45) is 13.0 Å². The number of carbonyl (C=O) groups excluding carboxylic acids is 1. The minimum atomic E-state index is -0.281. The van der Waals surface area contributed by atoms with E-state index < -0.39 is 0 Å². The summed E-state index contributed by atoms with van der Waals surface area (Å²) in [5.74, 6) is 0.0422. The van der Waals surface area contributed by atoms with Crippen LogP contribution in [0.4, 0.5) is 0 Å². The largest absolute Gasteiger partial charge is 0.393 e. The van der Waals surface area contributed by atoms with Crippen molar-refractivity contribution in [2.45, 2.75) is 31.8 Å². The maximum atomic E-state index is 12.0. The van der Waals surface area contributed by atoms with Crippen molar-refractivity contribution in [2.75, 3.05) is 6.54 Å². The second-order valence-electron chi connectivity index (χ2n) is 4.98. The lowest BCUT2D eigenvalue weighted by Crippen LogP contribution is -2.37. The number of carbonyl (C=O) groups is 1. The monoisotopic (exact) mass is 270 g/mol.